The van der Waals surface area contributed by atoms with Crippen molar-refractivity contribution in [3.8, 4) is 5.75 Å². The van der Waals surface area contributed by atoms with Crippen LogP contribution in [-0.2, 0) is 20.8 Å². The van der Waals surface area contributed by atoms with Gasteiger partial charge in [0, 0.05) is 63.8 Å². The number of nitrogens with one attached hydrogen (secondary N) is 1. The first-order valence-corrected chi connectivity index (χ1v) is 12.5. The largest absolute Gasteiger partial charge is 2.00 e. The first kappa shape index (κ1) is 41.0. The Morgan fingerprint density at radius 3 is 2.48 bits per heavy atom. The Hall–Kier alpha value is -1.13. The van der Waals surface area contributed by atoms with Gasteiger partial charge in [0.1, 0.15) is 6.61 Å². The maximum absolute atomic E-state index is 11.5. The molecule has 0 bridgehead atoms. The summed E-state index contributed by atoms with van der Waals surface area (Å²) in [7, 11) is 1.68. The van der Waals surface area contributed by atoms with Crippen LogP contribution in [-0.4, -0.2) is 79.7 Å². The Morgan fingerprint density at radius 2 is 1.88 bits per heavy atom. The van der Waals surface area contributed by atoms with E-state index in [1.807, 2.05) is 6.07 Å². The Balaban J connectivity index is 0. The van der Waals surface area contributed by atoms with Gasteiger partial charge in [-0.2, -0.15) is 18.6 Å². The van der Waals surface area contributed by atoms with Crippen LogP contribution in [0.25, 0.3) is 0 Å². The molecule has 1 N–H and O–H groups in total. The minimum atomic E-state index is -0.167. The third-order valence-electron chi connectivity index (χ3n) is 5.88. The van der Waals surface area contributed by atoms with E-state index < -0.39 is 0 Å². The second-order valence-electron chi connectivity index (χ2n) is 8.52. The summed E-state index contributed by atoms with van der Waals surface area (Å²) in [6, 6.07) is 10.7. The van der Waals surface area contributed by atoms with Gasteiger partial charge >= 0.3 is 68.2 Å². The van der Waals surface area contributed by atoms with E-state index in [1.54, 1.807) is 31.6 Å². The Bertz CT molecular complexity index is 971. The zero-order valence-corrected chi connectivity index (χ0v) is 32.5. The number of carbonyl (C=O) groups is 1. The maximum Gasteiger partial charge on any atom is 2.00 e. The van der Waals surface area contributed by atoms with Gasteiger partial charge in [-0.15, -0.1) is 23.6 Å². The smallest absolute Gasteiger partial charge is 0.522 e. The van der Waals surface area contributed by atoms with Crippen molar-refractivity contribution in [2.45, 2.75) is 32.7 Å². The van der Waals surface area contributed by atoms with Gasteiger partial charge in [-0.3, -0.25) is 31.6 Å². The number of allylic oxidation sites excluding steroid dienone is 1. The van der Waals surface area contributed by atoms with Crippen LogP contribution in [0.3, 0.4) is 0 Å². The number of benzene rings is 1. The average Bonchev–Trinajstić information content (AvgIpc) is 2.93. The Kier molecular flexibility index (Phi) is 25.1. The van der Waals surface area contributed by atoms with Crippen LogP contribution >= 0.6 is 0 Å². The molecule has 1 aliphatic heterocycles. The summed E-state index contributed by atoms with van der Waals surface area (Å²) in [4.78, 5) is 20.1. The summed E-state index contributed by atoms with van der Waals surface area (Å²) in [5, 5.41) is 7.44. The number of pyridine rings is 1. The molecular formula is C30H42N4O4U2. The number of hydrogen-bond acceptors (Lipinski definition) is 8. The number of hydrogen-bond donors (Lipinski definition) is 1. The molecule has 8 nitrogen and oxygen atoms in total. The molecule has 0 spiro atoms. The summed E-state index contributed by atoms with van der Waals surface area (Å²) in [5.41, 5.74) is 3.15. The molecule has 1 saturated heterocycles. The van der Waals surface area contributed by atoms with Gasteiger partial charge in [-0.1, -0.05) is 6.92 Å². The van der Waals surface area contributed by atoms with Gasteiger partial charge < -0.3 is 34.6 Å². The van der Waals surface area contributed by atoms with Crippen molar-refractivity contribution >= 4 is 11.9 Å². The second kappa shape index (κ2) is 24.5. The number of aromatic nitrogens is 1. The third-order valence-corrected chi connectivity index (χ3v) is 5.88. The molecule has 0 saturated carbocycles. The van der Waals surface area contributed by atoms with E-state index in [4.69, 9.17) is 19.6 Å². The maximum atomic E-state index is 11.5. The third kappa shape index (κ3) is 15.8. The van der Waals surface area contributed by atoms with Crippen LogP contribution in [0.5, 0.6) is 5.75 Å². The second-order valence-corrected chi connectivity index (χ2v) is 8.52. The Morgan fingerprint density at radius 1 is 1.18 bits per heavy atom. The number of rotatable bonds is 12. The number of nitrogens with zero attached hydrogens (tertiary/aromatic N) is 3. The van der Waals surface area contributed by atoms with E-state index in [9.17, 15) is 4.79 Å². The molecule has 214 valence electrons. The number of esters is 1. The van der Waals surface area contributed by atoms with Crippen molar-refractivity contribution in [2.75, 3.05) is 53.0 Å². The van der Waals surface area contributed by atoms with Crippen LogP contribution in [0.15, 0.2) is 43.2 Å². The fourth-order valence-electron chi connectivity index (χ4n) is 3.70. The summed E-state index contributed by atoms with van der Waals surface area (Å²) in [6.45, 7) is 15.9. The molecule has 1 aromatic carbocycles. The molecule has 0 unspecified atom stereocenters. The van der Waals surface area contributed by atoms with Gasteiger partial charge in [0.2, 0.25) is 5.90 Å². The van der Waals surface area contributed by atoms with Crippen molar-refractivity contribution < 1.29 is 81.2 Å². The van der Waals surface area contributed by atoms with Crippen molar-refractivity contribution in [2.24, 2.45) is 0 Å². The topological polar surface area (TPSA) is 88.0 Å². The SMILES string of the molecule is C=[C-]CCC(=O)OCCN1CCN(Cc2cc[c-]c(OC)c2C)CC1.[CH2-]CCOC(=N)c1cccnc1.[CH3-].[U+2].[U+2]. The molecule has 1 aromatic heterocycles. The van der Waals surface area contributed by atoms with E-state index in [1.165, 1.54) is 5.56 Å². The monoisotopic (exact) mass is 998 g/mol. The van der Waals surface area contributed by atoms with Gasteiger partial charge in [-0.25, -0.2) is 0 Å². The molecule has 40 heavy (non-hydrogen) atoms. The standard InChI is InChI=1S/C20H28N2O3.C9H11N2O.CH3.2U/c1-4-5-9-20(23)25-15-14-21-10-12-22(13-11-21)16-18-7-6-8-19(24-3)17(18)2;1-2-6-12-9(10)8-4-3-5-11-7-8;;;/h6-7H,1,5,9-16H2,2-3H3;3-5,7,10H,1-2,6H2;1H3;;/q-2;2*-1;2*+2. The number of carbonyl (C=O) groups excluding carboxylic acids is 1. The van der Waals surface area contributed by atoms with Crippen LogP contribution in [0, 0.1) is 101 Å². The molecular weight excluding hydrogens is 956 g/mol. The molecule has 0 radical (unpaired) electrons. The molecule has 2 heterocycles. The number of piperazine rings is 1. The van der Waals surface area contributed by atoms with E-state index in [0.717, 1.165) is 50.6 Å². The zero-order valence-electron chi connectivity index (χ0n) is 24.1. The fraction of sp³-hybridized carbons (Fsp3) is 0.433. The summed E-state index contributed by atoms with van der Waals surface area (Å²) >= 11 is 0. The van der Waals surface area contributed by atoms with Crippen LogP contribution in [0.4, 0.5) is 0 Å². The molecule has 0 atom stereocenters. The Labute approximate surface area is 288 Å². The average molecular weight is 999 g/mol. The van der Waals surface area contributed by atoms with Gasteiger partial charge in [0.05, 0.1) is 19.3 Å². The summed E-state index contributed by atoms with van der Waals surface area (Å²) in [6.07, 6.45) is 7.56. The first-order chi connectivity index (χ1) is 18.0. The van der Waals surface area contributed by atoms with Crippen molar-refractivity contribution in [1.29, 1.82) is 5.41 Å². The van der Waals surface area contributed by atoms with Gasteiger partial charge in [0.15, 0.2) is 0 Å². The normalized spacial score (nSPS) is 12.7. The van der Waals surface area contributed by atoms with Crippen LogP contribution in [0.2, 0.25) is 0 Å². The first-order valence-electron chi connectivity index (χ1n) is 12.5. The van der Waals surface area contributed by atoms with E-state index >= 15 is 0 Å². The number of methoxy groups -OCH3 is 1. The van der Waals surface area contributed by atoms with Crippen molar-refractivity contribution in [1.82, 2.24) is 14.8 Å². The van der Waals surface area contributed by atoms with Crippen molar-refractivity contribution in [3.63, 3.8) is 0 Å². The summed E-state index contributed by atoms with van der Waals surface area (Å²) < 4.78 is 15.6. The molecule has 0 amide bonds. The predicted molar refractivity (Wildman–Crippen MR) is 151 cm³/mol. The molecule has 10 heteroatoms. The summed E-state index contributed by atoms with van der Waals surface area (Å²) in [5.74, 6) is 0.818. The minimum absolute atomic E-state index is 0. The zero-order chi connectivity index (χ0) is 26.9. The van der Waals surface area contributed by atoms with E-state index in [0.29, 0.717) is 38.0 Å². The van der Waals surface area contributed by atoms with E-state index in [2.05, 4.69) is 53.4 Å². The minimum Gasteiger partial charge on any atom is -0.522 e. The van der Waals surface area contributed by atoms with Crippen LogP contribution < -0.4 is 4.74 Å². The van der Waals surface area contributed by atoms with E-state index in [-0.39, 0.29) is 81.5 Å². The predicted octanol–water partition coefficient (Wildman–Crippen LogP) is 4.33. The van der Waals surface area contributed by atoms with Crippen LogP contribution in [0.1, 0.15) is 36.0 Å². The number of ether oxygens (including phenoxy) is 3. The van der Waals surface area contributed by atoms with Gasteiger partial charge in [-0.05, 0) is 12.1 Å². The molecule has 0 aliphatic carbocycles. The molecule has 1 fully saturated rings. The van der Waals surface area contributed by atoms with Gasteiger partial charge in [0.25, 0.3) is 0 Å². The fourth-order valence-corrected chi connectivity index (χ4v) is 3.70. The van der Waals surface area contributed by atoms with Crippen molar-refractivity contribution in [3.05, 3.63) is 86.4 Å². The molecule has 1 aliphatic rings. The molecule has 2 aromatic rings. The molecule has 3 rings (SSSR count). The quantitative estimate of drug-likeness (QED) is 0.147.